The van der Waals surface area contributed by atoms with Crippen LogP contribution in [-0.2, 0) is 0 Å². The summed E-state index contributed by atoms with van der Waals surface area (Å²) in [5, 5.41) is 3.69. The summed E-state index contributed by atoms with van der Waals surface area (Å²) in [5.41, 5.74) is 7.66. The maximum absolute atomic E-state index is 12.9. The van der Waals surface area contributed by atoms with Gasteiger partial charge in [0.05, 0.1) is 16.8 Å². The van der Waals surface area contributed by atoms with E-state index in [1.807, 2.05) is 22.8 Å². The molecule has 1 aliphatic heterocycles. The maximum atomic E-state index is 12.9. The minimum Gasteiger partial charge on any atom is -0.367 e. The minimum absolute atomic E-state index is 0.0113. The van der Waals surface area contributed by atoms with Gasteiger partial charge in [0.25, 0.3) is 5.91 Å². The first kappa shape index (κ1) is 22.3. The van der Waals surface area contributed by atoms with Gasteiger partial charge in [0.1, 0.15) is 11.2 Å². The molecule has 1 amide bonds. The molecule has 3 N–H and O–H groups in total. The predicted molar refractivity (Wildman–Crippen MR) is 134 cm³/mol. The first-order chi connectivity index (χ1) is 16.5. The van der Waals surface area contributed by atoms with Crippen molar-refractivity contribution >= 4 is 34.3 Å². The molecule has 1 saturated heterocycles. The fraction of sp³-hybridized carbons (Fsp3) is 0.440. The van der Waals surface area contributed by atoms with E-state index in [0.717, 1.165) is 63.2 Å². The molecule has 5 rings (SSSR count). The fourth-order valence-electron chi connectivity index (χ4n) is 5.03. The molecule has 3 aromatic rings. The van der Waals surface area contributed by atoms with Gasteiger partial charge in [-0.05, 0) is 32.0 Å². The van der Waals surface area contributed by atoms with E-state index in [9.17, 15) is 9.59 Å². The minimum atomic E-state index is -0.722. The molecule has 178 valence electrons. The number of likely N-dealkylation sites (N-methyl/N-ethyl adjacent to an activating group) is 1. The Bertz CT molecular complexity index is 1260. The number of rotatable bonds is 5. The van der Waals surface area contributed by atoms with Crippen molar-refractivity contribution in [3.63, 3.8) is 0 Å². The van der Waals surface area contributed by atoms with E-state index >= 15 is 0 Å². The summed E-state index contributed by atoms with van der Waals surface area (Å²) in [7, 11) is 2.14. The second kappa shape index (κ2) is 9.42. The van der Waals surface area contributed by atoms with Gasteiger partial charge in [0.2, 0.25) is 11.4 Å². The molecular formula is C25H31N7O2. The molecule has 0 atom stereocenters. The molecule has 2 aromatic heterocycles. The van der Waals surface area contributed by atoms with E-state index < -0.39 is 11.3 Å². The zero-order chi connectivity index (χ0) is 23.7. The Morgan fingerprint density at radius 2 is 1.82 bits per heavy atom. The summed E-state index contributed by atoms with van der Waals surface area (Å²) in [6.07, 6.45) is 8.49. The van der Waals surface area contributed by atoms with Gasteiger partial charge >= 0.3 is 0 Å². The molecule has 3 heterocycles. The normalized spacial score (nSPS) is 17.7. The quantitative estimate of drug-likeness (QED) is 0.601. The van der Waals surface area contributed by atoms with Gasteiger partial charge < -0.3 is 25.4 Å². The number of nitrogens with two attached hydrogens (primary N) is 1. The average molecular weight is 462 g/mol. The molecule has 0 bridgehead atoms. The number of hydrogen-bond acceptors (Lipinski definition) is 7. The standard InChI is InChI=1S/C25H31N7O2/c1-30-11-13-31(14-12-30)21-10-6-5-9-20(21)28-25-27-15-18-22(33)19(23(26)34)16-32(24(18)29-25)17-7-3-2-4-8-17/h5-6,9-10,15-17H,2-4,7-8,11-14H2,1H3,(H2,26,34)(H,27,28,29). The number of nitrogens with zero attached hydrogens (tertiary/aromatic N) is 5. The largest absolute Gasteiger partial charge is 0.367 e. The monoisotopic (exact) mass is 461 g/mol. The number of primary amides is 1. The lowest BCUT2D eigenvalue weighted by Crippen LogP contribution is -2.44. The number of nitrogens with one attached hydrogen (secondary N) is 1. The van der Waals surface area contributed by atoms with Gasteiger partial charge in [-0.2, -0.15) is 4.98 Å². The van der Waals surface area contributed by atoms with Crippen LogP contribution in [0.25, 0.3) is 11.0 Å². The Hall–Kier alpha value is -3.46. The molecule has 2 aliphatic rings. The molecule has 1 aromatic carbocycles. The highest BCUT2D eigenvalue weighted by molar-refractivity contribution is 5.95. The third-order valence-electron chi connectivity index (χ3n) is 7.00. The smallest absolute Gasteiger partial charge is 0.254 e. The summed E-state index contributed by atoms with van der Waals surface area (Å²) in [5.74, 6) is -0.301. The van der Waals surface area contributed by atoms with E-state index in [-0.39, 0.29) is 11.6 Å². The van der Waals surface area contributed by atoms with E-state index in [4.69, 9.17) is 10.7 Å². The van der Waals surface area contributed by atoms with E-state index in [1.54, 1.807) is 6.20 Å². The number of piperazine rings is 1. The van der Waals surface area contributed by atoms with E-state index in [2.05, 4.69) is 33.2 Å². The molecule has 0 spiro atoms. The Labute approximate surface area is 198 Å². The summed E-state index contributed by atoms with van der Waals surface area (Å²) in [4.78, 5) is 38.8. The third kappa shape index (κ3) is 4.35. The fourth-order valence-corrected chi connectivity index (χ4v) is 5.03. The highest BCUT2D eigenvalue weighted by atomic mass is 16.2. The molecule has 34 heavy (non-hydrogen) atoms. The lowest BCUT2D eigenvalue weighted by atomic mass is 9.95. The van der Waals surface area contributed by atoms with Crippen molar-refractivity contribution in [1.82, 2.24) is 19.4 Å². The number of amides is 1. The molecular weight excluding hydrogens is 430 g/mol. The zero-order valence-electron chi connectivity index (χ0n) is 19.5. The zero-order valence-corrected chi connectivity index (χ0v) is 19.5. The van der Waals surface area contributed by atoms with Gasteiger partial charge in [-0.1, -0.05) is 31.4 Å². The van der Waals surface area contributed by atoms with Crippen LogP contribution in [0.2, 0.25) is 0 Å². The van der Waals surface area contributed by atoms with Gasteiger partial charge in [0, 0.05) is 44.6 Å². The lowest BCUT2D eigenvalue weighted by Gasteiger charge is -2.35. The number of pyridine rings is 1. The maximum Gasteiger partial charge on any atom is 0.254 e. The number of carbonyl (C=O) groups excluding carboxylic acids is 1. The highest BCUT2D eigenvalue weighted by Crippen LogP contribution is 2.31. The Kier molecular flexibility index (Phi) is 6.19. The Balaban J connectivity index is 1.54. The molecule has 9 heteroatoms. The van der Waals surface area contributed by atoms with Crippen LogP contribution >= 0.6 is 0 Å². The van der Waals surface area contributed by atoms with Crippen LogP contribution in [0.4, 0.5) is 17.3 Å². The Morgan fingerprint density at radius 3 is 2.56 bits per heavy atom. The molecule has 0 unspecified atom stereocenters. The van der Waals surface area contributed by atoms with Crippen LogP contribution in [0, 0.1) is 0 Å². The number of fused-ring (bicyclic) bond motifs is 1. The average Bonchev–Trinajstić information content (AvgIpc) is 2.85. The second-order valence-electron chi connectivity index (χ2n) is 9.30. The van der Waals surface area contributed by atoms with Crippen molar-refractivity contribution in [3.05, 3.63) is 52.4 Å². The third-order valence-corrected chi connectivity index (χ3v) is 7.00. The number of para-hydroxylation sites is 2. The topological polar surface area (TPSA) is 109 Å². The van der Waals surface area contributed by atoms with Crippen LogP contribution in [0.3, 0.4) is 0 Å². The van der Waals surface area contributed by atoms with E-state index in [1.165, 1.54) is 12.6 Å². The van der Waals surface area contributed by atoms with Crippen molar-refractivity contribution in [2.75, 3.05) is 43.4 Å². The van der Waals surface area contributed by atoms with Crippen LogP contribution < -0.4 is 21.4 Å². The number of carbonyl (C=O) groups is 1. The van der Waals surface area contributed by atoms with Crippen molar-refractivity contribution in [2.45, 2.75) is 38.1 Å². The van der Waals surface area contributed by atoms with Gasteiger partial charge in [-0.15, -0.1) is 0 Å². The molecule has 2 fully saturated rings. The molecule has 0 radical (unpaired) electrons. The number of anilines is 3. The molecule has 9 nitrogen and oxygen atoms in total. The highest BCUT2D eigenvalue weighted by Gasteiger charge is 2.22. The summed E-state index contributed by atoms with van der Waals surface area (Å²) in [6, 6.07) is 8.32. The number of benzene rings is 1. The summed E-state index contributed by atoms with van der Waals surface area (Å²) >= 11 is 0. The second-order valence-corrected chi connectivity index (χ2v) is 9.30. The van der Waals surface area contributed by atoms with Crippen molar-refractivity contribution in [1.29, 1.82) is 0 Å². The van der Waals surface area contributed by atoms with Gasteiger partial charge in [-0.3, -0.25) is 9.59 Å². The first-order valence-electron chi connectivity index (χ1n) is 12.0. The van der Waals surface area contributed by atoms with Gasteiger partial charge in [0.15, 0.2) is 0 Å². The van der Waals surface area contributed by atoms with Crippen LogP contribution in [-0.4, -0.2) is 58.6 Å². The molecule has 1 saturated carbocycles. The summed E-state index contributed by atoms with van der Waals surface area (Å²) < 4.78 is 1.97. The first-order valence-corrected chi connectivity index (χ1v) is 12.0. The molecule has 1 aliphatic carbocycles. The van der Waals surface area contributed by atoms with Crippen molar-refractivity contribution < 1.29 is 4.79 Å². The Morgan fingerprint density at radius 1 is 1.09 bits per heavy atom. The van der Waals surface area contributed by atoms with Crippen LogP contribution in [0.1, 0.15) is 48.5 Å². The summed E-state index contributed by atoms with van der Waals surface area (Å²) in [6.45, 7) is 3.92. The lowest BCUT2D eigenvalue weighted by molar-refractivity contribution is 0.0998. The van der Waals surface area contributed by atoms with Crippen LogP contribution in [0.5, 0.6) is 0 Å². The van der Waals surface area contributed by atoms with Crippen molar-refractivity contribution in [2.24, 2.45) is 5.73 Å². The number of hydrogen-bond donors (Lipinski definition) is 2. The van der Waals surface area contributed by atoms with E-state index in [0.29, 0.717) is 17.0 Å². The number of aromatic nitrogens is 3. The van der Waals surface area contributed by atoms with Gasteiger partial charge in [-0.25, -0.2) is 4.98 Å². The predicted octanol–water partition coefficient (Wildman–Crippen LogP) is 2.89. The SMILES string of the molecule is CN1CCN(c2ccccc2Nc2ncc3c(=O)c(C(N)=O)cn(C4CCCCC4)c3n2)CC1. The van der Waals surface area contributed by atoms with Crippen molar-refractivity contribution in [3.8, 4) is 0 Å². The van der Waals surface area contributed by atoms with Crippen LogP contribution in [0.15, 0.2) is 41.5 Å².